The number of nitrogens with zero attached hydrogens (tertiary/aromatic N) is 1. The molecular weight excluding hydrogens is 270 g/mol. The van der Waals surface area contributed by atoms with Crippen molar-refractivity contribution in [3.8, 4) is 0 Å². The Kier molecular flexibility index (Phi) is 2.71. The first kappa shape index (κ1) is 13.5. The van der Waals surface area contributed by atoms with Gasteiger partial charge in [0.2, 0.25) is 10.0 Å². The van der Waals surface area contributed by atoms with Crippen molar-refractivity contribution in [2.45, 2.75) is 18.6 Å². The first-order valence-electron chi connectivity index (χ1n) is 5.51. The molecule has 1 aliphatic rings. The highest BCUT2D eigenvalue weighted by atomic mass is 32.2. The van der Waals surface area contributed by atoms with Crippen LogP contribution in [0.15, 0.2) is 18.2 Å². The van der Waals surface area contributed by atoms with E-state index < -0.39 is 26.5 Å². The van der Waals surface area contributed by atoms with Crippen LogP contribution in [0.5, 0.6) is 0 Å². The van der Waals surface area contributed by atoms with Gasteiger partial charge in [0.15, 0.2) is 5.78 Å². The molecule has 0 aromatic heterocycles. The molecule has 7 heteroatoms. The van der Waals surface area contributed by atoms with Gasteiger partial charge < -0.3 is 5.11 Å². The Bertz CT molecular complexity index is 690. The molecule has 102 valence electrons. The average Bonchev–Trinajstić information content (AvgIpc) is 2.34. The molecule has 1 aromatic rings. The molecule has 0 unspecified atom stereocenters. The van der Waals surface area contributed by atoms with Crippen molar-refractivity contribution in [1.29, 1.82) is 0 Å². The lowest BCUT2D eigenvalue weighted by molar-refractivity contribution is 0.0696. The molecule has 0 saturated carbocycles. The van der Waals surface area contributed by atoms with Gasteiger partial charge in [-0.25, -0.2) is 13.2 Å². The molecular formula is C12H13NO5S. The number of carbonyl (C=O) groups is 2. The van der Waals surface area contributed by atoms with Gasteiger partial charge in [0.05, 0.1) is 11.3 Å². The zero-order valence-electron chi connectivity index (χ0n) is 10.7. The van der Waals surface area contributed by atoms with E-state index in [0.29, 0.717) is 0 Å². The zero-order valence-corrected chi connectivity index (χ0v) is 11.5. The Morgan fingerprint density at radius 1 is 1.32 bits per heavy atom. The summed E-state index contributed by atoms with van der Waals surface area (Å²) in [5, 5.41) is 8.92. The van der Waals surface area contributed by atoms with Gasteiger partial charge in [-0.3, -0.25) is 9.10 Å². The Labute approximate surface area is 110 Å². The first-order chi connectivity index (χ1) is 8.60. The summed E-state index contributed by atoms with van der Waals surface area (Å²) in [5.41, 5.74) is 0.254. The molecule has 0 spiro atoms. The van der Waals surface area contributed by atoms with Crippen molar-refractivity contribution in [3.05, 3.63) is 29.3 Å². The third kappa shape index (κ3) is 1.65. The molecule has 0 saturated heterocycles. The van der Waals surface area contributed by atoms with E-state index in [-0.39, 0.29) is 16.8 Å². The van der Waals surface area contributed by atoms with Gasteiger partial charge in [-0.2, -0.15) is 0 Å². The van der Waals surface area contributed by atoms with Crippen molar-refractivity contribution < 1.29 is 23.1 Å². The number of hydrogen-bond acceptors (Lipinski definition) is 4. The summed E-state index contributed by atoms with van der Waals surface area (Å²) in [4.78, 5) is 23.1. The van der Waals surface area contributed by atoms with Crippen LogP contribution in [0.25, 0.3) is 0 Å². The molecule has 0 aliphatic carbocycles. The summed E-state index contributed by atoms with van der Waals surface area (Å²) in [6.45, 7) is 2.68. The fraction of sp³-hybridized carbons (Fsp3) is 0.333. The lowest BCUT2D eigenvalue weighted by Crippen LogP contribution is -2.52. The quantitative estimate of drug-likeness (QED) is 0.834. The third-order valence-corrected chi connectivity index (χ3v) is 5.77. The number of carboxylic acids is 1. The lowest BCUT2D eigenvalue weighted by Gasteiger charge is -2.36. The van der Waals surface area contributed by atoms with E-state index in [4.69, 9.17) is 5.11 Å². The second-order valence-corrected chi connectivity index (χ2v) is 7.37. The Morgan fingerprint density at radius 3 is 2.42 bits per heavy atom. The Hall–Kier alpha value is -1.89. The molecule has 1 aliphatic heterocycles. The van der Waals surface area contributed by atoms with Crippen LogP contribution < -0.4 is 4.31 Å². The summed E-state index contributed by atoms with van der Waals surface area (Å²) in [6, 6.07) is 3.84. The van der Waals surface area contributed by atoms with E-state index in [0.717, 1.165) is 4.31 Å². The molecule has 1 aromatic carbocycles. The lowest BCUT2D eigenvalue weighted by atomic mass is 9.97. The minimum atomic E-state index is -3.85. The number of sulfonamides is 1. The van der Waals surface area contributed by atoms with E-state index in [1.165, 1.54) is 39.1 Å². The Morgan fingerprint density at radius 2 is 1.89 bits per heavy atom. The second kappa shape index (κ2) is 3.80. The fourth-order valence-electron chi connectivity index (χ4n) is 2.03. The largest absolute Gasteiger partial charge is 0.478 e. The van der Waals surface area contributed by atoms with Crippen molar-refractivity contribution in [1.82, 2.24) is 0 Å². The van der Waals surface area contributed by atoms with Gasteiger partial charge in [-0.05, 0) is 32.0 Å². The number of Topliss-reactive ketones (excluding diaryl/α,β-unsaturated/α-hetero) is 1. The minimum absolute atomic E-state index is 0.0618. The maximum atomic E-state index is 12.2. The van der Waals surface area contributed by atoms with Crippen molar-refractivity contribution >= 4 is 27.5 Å². The summed E-state index contributed by atoms with van der Waals surface area (Å²) >= 11 is 0. The molecule has 0 fully saturated rings. The third-order valence-electron chi connectivity index (χ3n) is 3.38. The maximum absolute atomic E-state index is 12.2. The molecule has 19 heavy (non-hydrogen) atoms. The monoisotopic (exact) mass is 283 g/mol. The van der Waals surface area contributed by atoms with Crippen LogP contribution in [-0.2, 0) is 10.0 Å². The molecule has 0 bridgehead atoms. The van der Waals surface area contributed by atoms with E-state index in [9.17, 15) is 18.0 Å². The molecule has 0 atom stereocenters. The average molecular weight is 283 g/mol. The van der Waals surface area contributed by atoms with Crippen LogP contribution >= 0.6 is 0 Å². The second-order valence-electron chi connectivity index (χ2n) is 4.85. The van der Waals surface area contributed by atoms with Crippen LogP contribution in [0.1, 0.15) is 34.6 Å². The highest BCUT2D eigenvalue weighted by Gasteiger charge is 2.50. The summed E-state index contributed by atoms with van der Waals surface area (Å²) in [6.07, 6.45) is 0. The van der Waals surface area contributed by atoms with E-state index >= 15 is 0 Å². The normalized spacial score (nSPS) is 19.9. The molecule has 1 N–H and O–H groups in total. The number of aromatic carboxylic acids is 1. The van der Waals surface area contributed by atoms with Gasteiger partial charge >= 0.3 is 5.97 Å². The van der Waals surface area contributed by atoms with Crippen molar-refractivity contribution in [2.75, 3.05) is 11.4 Å². The van der Waals surface area contributed by atoms with E-state index in [1.54, 1.807) is 0 Å². The number of fused-ring (bicyclic) bond motifs is 1. The number of rotatable bonds is 1. The SMILES string of the molecule is CN1c2cc(C(=O)O)ccc2C(=O)C(C)(C)S1(=O)=O. The number of carboxylic acid groups (broad SMARTS) is 1. The standard InChI is InChI=1S/C12H13NO5S/c1-12(2)10(14)8-5-4-7(11(15)16)6-9(8)13(3)19(12,17)18/h4-6H,1-3H3,(H,15,16). The highest BCUT2D eigenvalue weighted by molar-refractivity contribution is 7.95. The van der Waals surface area contributed by atoms with Crippen LogP contribution in [0, 0.1) is 0 Å². The molecule has 1 heterocycles. The summed E-state index contributed by atoms with van der Waals surface area (Å²) < 4.78 is 23.9. The van der Waals surface area contributed by atoms with Crippen LogP contribution in [0.4, 0.5) is 5.69 Å². The maximum Gasteiger partial charge on any atom is 0.335 e. The predicted molar refractivity (Wildman–Crippen MR) is 69.1 cm³/mol. The molecule has 6 nitrogen and oxygen atoms in total. The highest BCUT2D eigenvalue weighted by Crippen LogP contribution is 2.38. The smallest absolute Gasteiger partial charge is 0.335 e. The van der Waals surface area contributed by atoms with Crippen molar-refractivity contribution in [2.24, 2.45) is 0 Å². The van der Waals surface area contributed by atoms with Crippen LogP contribution in [0.3, 0.4) is 0 Å². The van der Waals surface area contributed by atoms with E-state index in [2.05, 4.69) is 0 Å². The van der Waals surface area contributed by atoms with Gasteiger partial charge in [0, 0.05) is 12.6 Å². The predicted octanol–water partition coefficient (Wildman–Crippen LogP) is 1.13. The number of carbonyl (C=O) groups excluding carboxylic acids is 1. The molecule has 0 amide bonds. The zero-order chi connectivity index (χ0) is 14.6. The topological polar surface area (TPSA) is 91.8 Å². The number of anilines is 1. The van der Waals surface area contributed by atoms with E-state index in [1.807, 2.05) is 0 Å². The molecule has 0 radical (unpaired) electrons. The Balaban J connectivity index is 2.78. The van der Waals surface area contributed by atoms with Gasteiger partial charge in [-0.1, -0.05) is 0 Å². The fourth-order valence-corrected chi connectivity index (χ4v) is 3.47. The number of hydrogen-bond donors (Lipinski definition) is 1. The van der Waals surface area contributed by atoms with Crippen LogP contribution in [-0.4, -0.2) is 37.1 Å². The number of benzene rings is 1. The summed E-state index contributed by atoms with van der Waals surface area (Å²) in [7, 11) is -2.54. The number of ketones is 1. The van der Waals surface area contributed by atoms with Gasteiger partial charge in [0.1, 0.15) is 4.75 Å². The van der Waals surface area contributed by atoms with Crippen molar-refractivity contribution in [3.63, 3.8) is 0 Å². The van der Waals surface area contributed by atoms with Gasteiger partial charge in [0.25, 0.3) is 0 Å². The molecule has 2 rings (SSSR count). The van der Waals surface area contributed by atoms with Gasteiger partial charge in [-0.15, -0.1) is 0 Å². The first-order valence-corrected chi connectivity index (χ1v) is 6.95. The van der Waals surface area contributed by atoms with Crippen LogP contribution in [0.2, 0.25) is 0 Å². The minimum Gasteiger partial charge on any atom is -0.478 e. The summed E-state index contributed by atoms with van der Waals surface area (Å²) in [5.74, 6) is -1.71.